The van der Waals surface area contributed by atoms with Gasteiger partial charge in [-0.2, -0.15) is 39.5 Å². The van der Waals surface area contributed by atoms with Crippen LogP contribution in [0.15, 0.2) is 12.3 Å². The maximum atomic E-state index is 12.2. The van der Waals surface area contributed by atoms with Crippen LogP contribution < -0.4 is 0 Å². The van der Waals surface area contributed by atoms with E-state index in [1.807, 2.05) is 0 Å². The Labute approximate surface area is 117 Å². The molecule has 0 aliphatic heterocycles. The lowest BCUT2D eigenvalue weighted by molar-refractivity contribution is -0.132. The van der Waals surface area contributed by atoms with Crippen LogP contribution in [0.4, 0.5) is 39.5 Å². The summed E-state index contributed by atoms with van der Waals surface area (Å²) in [7, 11) is -3.49. The van der Waals surface area contributed by atoms with E-state index < -0.39 is 64.0 Å². The topological polar surface area (TPSA) is 0 Å². The zero-order valence-electron chi connectivity index (χ0n) is 10.9. The van der Waals surface area contributed by atoms with Gasteiger partial charge in [-0.1, -0.05) is 0 Å². The Bertz CT molecular complexity index is 281. The number of rotatable bonds is 7. The average Bonchev–Trinajstić information content (AvgIpc) is 2.25. The molecule has 0 aliphatic carbocycles. The second kappa shape index (κ2) is 7.06. The summed E-state index contributed by atoms with van der Waals surface area (Å²) in [4.78, 5) is 0. The van der Waals surface area contributed by atoms with Crippen molar-refractivity contribution in [3.05, 3.63) is 12.3 Å². The van der Waals surface area contributed by atoms with Crippen LogP contribution in [0.2, 0.25) is 18.1 Å². The molecule has 0 nitrogen and oxygen atoms in total. The number of alkyl halides is 9. The molecule has 0 N–H and O–H groups in total. The van der Waals surface area contributed by atoms with Gasteiger partial charge in [0.05, 0.1) is 8.07 Å². The molecule has 0 saturated heterocycles. The van der Waals surface area contributed by atoms with Gasteiger partial charge in [0.25, 0.3) is 0 Å². The van der Waals surface area contributed by atoms with E-state index >= 15 is 0 Å². The molecule has 0 saturated carbocycles. The predicted octanol–water partition coefficient (Wildman–Crippen LogP) is 6.02. The second-order valence-corrected chi connectivity index (χ2v) is 9.55. The highest BCUT2D eigenvalue weighted by Crippen LogP contribution is 2.38. The first kappa shape index (κ1) is 20.3. The van der Waals surface area contributed by atoms with Gasteiger partial charge in [0.1, 0.15) is 0 Å². The zero-order valence-corrected chi connectivity index (χ0v) is 11.9. The smallest absolute Gasteiger partial charge is 0.171 e. The number of hydrogen-bond donors (Lipinski definition) is 0. The van der Waals surface area contributed by atoms with Crippen molar-refractivity contribution in [3.63, 3.8) is 0 Å². The van der Waals surface area contributed by atoms with Gasteiger partial charge in [0.2, 0.25) is 0 Å². The lowest BCUT2D eigenvalue weighted by Crippen LogP contribution is -2.36. The molecule has 0 aromatic carbocycles. The summed E-state index contributed by atoms with van der Waals surface area (Å²) in [5, 5.41) is 0. The summed E-state index contributed by atoms with van der Waals surface area (Å²) in [6.07, 6.45) is -18.0. The fourth-order valence-electron chi connectivity index (χ4n) is 1.85. The molecule has 0 amide bonds. The molecular weight excluding hydrogens is 331 g/mol. The van der Waals surface area contributed by atoms with E-state index in [4.69, 9.17) is 0 Å². The normalized spacial score (nSPS) is 14.3. The Hall–Kier alpha value is -0.673. The molecule has 0 atom stereocenters. The Morgan fingerprint density at radius 3 is 1.00 bits per heavy atom. The van der Waals surface area contributed by atoms with Crippen LogP contribution in [0, 0.1) is 0 Å². The second-order valence-electron chi connectivity index (χ2n) is 4.91. The van der Waals surface area contributed by atoms with E-state index in [1.165, 1.54) is 0 Å². The van der Waals surface area contributed by atoms with E-state index in [0.29, 0.717) is 0 Å². The largest absolute Gasteiger partial charge is 0.388 e. The standard InChI is InChI=1S/C11H15F9Si/c1-2-21(6-3-9(12,13)14,7-4-10(15,16)17)8-5-11(18,19)20/h2H,1,3-8H2. The van der Waals surface area contributed by atoms with Gasteiger partial charge in [-0.3, -0.25) is 0 Å². The summed E-state index contributed by atoms with van der Waals surface area (Å²) in [6.45, 7) is 3.19. The van der Waals surface area contributed by atoms with Crippen LogP contribution >= 0.6 is 0 Å². The van der Waals surface area contributed by atoms with E-state index in [1.54, 1.807) is 0 Å². The predicted molar refractivity (Wildman–Crippen MR) is 62.4 cm³/mol. The van der Waals surface area contributed by atoms with Gasteiger partial charge in [0.15, 0.2) is 0 Å². The summed E-state index contributed by atoms with van der Waals surface area (Å²) in [5.74, 6) is 0. The summed E-state index contributed by atoms with van der Waals surface area (Å²) < 4.78 is 110. The van der Waals surface area contributed by atoms with Gasteiger partial charge in [0, 0.05) is 19.3 Å². The van der Waals surface area contributed by atoms with Crippen molar-refractivity contribution in [2.24, 2.45) is 0 Å². The van der Waals surface area contributed by atoms with Crippen LogP contribution in [-0.4, -0.2) is 26.6 Å². The van der Waals surface area contributed by atoms with Gasteiger partial charge in [-0.25, -0.2) is 0 Å². The third-order valence-corrected chi connectivity index (χ3v) is 7.76. The minimum absolute atomic E-state index is 0.702. The first-order valence-corrected chi connectivity index (χ1v) is 8.72. The Morgan fingerprint density at radius 1 is 0.619 bits per heavy atom. The lowest BCUT2D eigenvalue weighted by atomic mass is 10.5. The molecule has 10 heteroatoms. The fraction of sp³-hybridized carbons (Fsp3) is 0.818. The minimum atomic E-state index is -4.61. The Morgan fingerprint density at radius 2 is 0.857 bits per heavy atom. The molecule has 126 valence electrons. The highest BCUT2D eigenvalue weighted by molar-refractivity contribution is 6.84. The third-order valence-electron chi connectivity index (χ3n) is 3.15. The maximum absolute atomic E-state index is 12.2. The first-order valence-electron chi connectivity index (χ1n) is 6.02. The number of hydrogen-bond acceptors (Lipinski definition) is 0. The van der Waals surface area contributed by atoms with Gasteiger partial charge < -0.3 is 0 Å². The van der Waals surface area contributed by atoms with Crippen molar-refractivity contribution in [3.8, 4) is 0 Å². The zero-order chi connectivity index (χ0) is 16.9. The summed E-state index contributed by atoms with van der Waals surface area (Å²) in [5.41, 5.74) is 0.927. The van der Waals surface area contributed by atoms with Crippen LogP contribution in [0.25, 0.3) is 0 Å². The Kier molecular flexibility index (Phi) is 6.83. The van der Waals surface area contributed by atoms with Crippen LogP contribution in [0.5, 0.6) is 0 Å². The van der Waals surface area contributed by atoms with Crippen molar-refractivity contribution in [2.45, 2.75) is 55.9 Å². The minimum Gasteiger partial charge on any atom is -0.171 e. The molecule has 0 fully saturated rings. The quantitative estimate of drug-likeness (QED) is 0.391. The number of halogens is 9. The van der Waals surface area contributed by atoms with Crippen molar-refractivity contribution in [1.29, 1.82) is 0 Å². The summed E-state index contributed by atoms with van der Waals surface area (Å²) >= 11 is 0. The third kappa shape index (κ3) is 10.7. The van der Waals surface area contributed by atoms with E-state index in [-0.39, 0.29) is 0 Å². The Balaban J connectivity index is 4.95. The molecule has 0 heterocycles. The SMILES string of the molecule is C=C[Si](CCC(F)(F)F)(CCC(F)(F)F)CCC(F)(F)F. The van der Waals surface area contributed by atoms with Crippen molar-refractivity contribution < 1.29 is 39.5 Å². The molecule has 0 rings (SSSR count). The molecule has 0 radical (unpaired) electrons. The van der Waals surface area contributed by atoms with Crippen molar-refractivity contribution in [2.75, 3.05) is 0 Å². The fourth-order valence-corrected chi connectivity index (χ4v) is 5.56. The molecule has 0 bridgehead atoms. The van der Waals surface area contributed by atoms with Crippen molar-refractivity contribution >= 4 is 8.07 Å². The van der Waals surface area contributed by atoms with Crippen molar-refractivity contribution in [1.82, 2.24) is 0 Å². The van der Waals surface area contributed by atoms with Gasteiger partial charge in [-0.15, -0.1) is 12.3 Å². The summed E-state index contributed by atoms with van der Waals surface area (Å²) in [6, 6.07) is -2.11. The van der Waals surface area contributed by atoms with Gasteiger partial charge >= 0.3 is 18.5 Å². The van der Waals surface area contributed by atoms with Crippen LogP contribution in [0.1, 0.15) is 19.3 Å². The van der Waals surface area contributed by atoms with E-state index in [2.05, 4.69) is 6.58 Å². The van der Waals surface area contributed by atoms with Gasteiger partial charge in [-0.05, 0) is 18.1 Å². The maximum Gasteiger partial charge on any atom is 0.388 e. The van der Waals surface area contributed by atoms with Crippen LogP contribution in [0.3, 0.4) is 0 Å². The first-order chi connectivity index (χ1) is 9.18. The highest BCUT2D eigenvalue weighted by atomic mass is 28.3. The molecule has 0 aromatic rings. The molecule has 0 aromatic heterocycles. The molecule has 0 aliphatic rings. The van der Waals surface area contributed by atoms with E-state index in [9.17, 15) is 39.5 Å². The van der Waals surface area contributed by atoms with Crippen LogP contribution in [-0.2, 0) is 0 Å². The monoisotopic (exact) mass is 346 g/mol. The highest BCUT2D eigenvalue weighted by Gasteiger charge is 2.41. The average molecular weight is 346 g/mol. The molecular formula is C11H15F9Si. The molecule has 0 unspecified atom stereocenters. The molecule has 21 heavy (non-hydrogen) atoms. The molecule has 0 spiro atoms. The van der Waals surface area contributed by atoms with E-state index in [0.717, 1.165) is 5.70 Å². The lowest BCUT2D eigenvalue weighted by Gasteiger charge is -2.30.